The quantitative estimate of drug-likeness (QED) is 0.113. The van der Waals surface area contributed by atoms with Crippen LogP contribution in [0.25, 0.3) is 16.6 Å². The number of hydrogen-bond acceptors (Lipinski definition) is 6. The maximum Gasteiger partial charge on any atom is 0.263 e. The number of aromatic nitrogens is 1. The Bertz CT molecular complexity index is 1790. The molecule has 0 bridgehead atoms. The highest BCUT2D eigenvalue weighted by atomic mass is 79.9. The summed E-state index contributed by atoms with van der Waals surface area (Å²) in [4.78, 5) is 31.2. The molecule has 0 saturated heterocycles. The predicted octanol–water partition coefficient (Wildman–Crippen LogP) is 3.92. The van der Waals surface area contributed by atoms with Gasteiger partial charge in [0.2, 0.25) is 5.43 Å². The van der Waals surface area contributed by atoms with Crippen molar-refractivity contribution >= 4 is 22.5 Å². The lowest BCUT2D eigenvalue weighted by atomic mass is 10.1. The number of benzene rings is 3. The van der Waals surface area contributed by atoms with Crippen LogP contribution in [0, 0.1) is 11.6 Å². The van der Waals surface area contributed by atoms with Crippen LogP contribution in [0.3, 0.4) is 0 Å². The fourth-order valence-electron chi connectivity index (χ4n) is 5.92. The molecule has 3 aromatic carbocycles. The van der Waals surface area contributed by atoms with E-state index in [0.717, 1.165) is 61.6 Å². The predicted molar refractivity (Wildman–Crippen MR) is 195 cm³/mol. The van der Waals surface area contributed by atoms with E-state index in [1.54, 1.807) is 47.9 Å². The number of methoxy groups -OCH3 is 2. The molecule has 0 N–H and O–H groups in total. The van der Waals surface area contributed by atoms with Crippen LogP contribution in [0.5, 0.6) is 17.2 Å². The fraction of sp³-hybridized carbons (Fsp3) is 0.436. The van der Waals surface area contributed by atoms with Gasteiger partial charge in [0, 0.05) is 60.7 Å². The van der Waals surface area contributed by atoms with Gasteiger partial charge in [-0.2, -0.15) is 0 Å². The molecule has 278 valence electrons. The van der Waals surface area contributed by atoms with Crippen LogP contribution in [0.1, 0.15) is 49.4 Å². The third-order valence-corrected chi connectivity index (χ3v) is 8.87. The van der Waals surface area contributed by atoms with Crippen molar-refractivity contribution in [3.8, 4) is 22.9 Å². The molecule has 0 radical (unpaired) electrons. The second-order valence-corrected chi connectivity index (χ2v) is 13.5. The summed E-state index contributed by atoms with van der Waals surface area (Å²) >= 11 is 0. The van der Waals surface area contributed by atoms with Gasteiger partial charge < -0.3 is 50.0 Å². The molecule has 1 heterocycles. The topological polar surface area (TPSA) is 73.2 Å². The highest BCUT2D eigenvalue weighted by Gasteiger charge is 2.24. The number of rotatable bonds is 18. The number of unbranched alkanes of at least 4 members (excludes halogenated alkanes) is 4. The number of carbonyl (C=O) groups excluding carboxylic acids is 1. The molecule has 9 nitrogen and oxygen atoms in total. The highest BCUT2D eigenvalue weighted by molar-refractivity contribution is 6.07. The molecule has 51 heavy (non-hydrogen) atoms. The maximum atomic E-state index is 14.1. The Balaban J connectivity index is 0.00000702. The summed E-state index contributed by atoms with van der Waals surface area (Å²) in [6.07, 6.45) is 6.92. The highest BCUT2D eigenvalue weighted by Crippen LogP contribution is 2.30. The van der Waals surface area contributed by atoms with E-state index in [4.69, 9.17) is 14.2 Å². The number of amides is 1. The average molecular weight is 774 g/mol. The zero-order valence-corrected chi connectivity index (χ0v) is 32.4. The first-order valence-electron chi connectivity index (χ1n) is 17.2. The van der Waals surface area contributed by atoms with Crippen molar-refractivity contribution in [2.45, 2.75) is 39.0 Å². The molecule has 0 spiro atoms. The average Bonchev–Trinajstić information content (AvgIpc) is 3.08. The lowest BCUT2D eigenvalue weighted by Gasteiger charge is -2.31. The number of hydrogen-bond donors (Lipinski definition) is 0. The van der Waals surface area contributed by atoms with Crippen LogP contribution in [-0.2, 0) is 0 Å². The zero-order chi connectivity index (χ0) is 36.4. The number of halogens is 3. The number of quaternary nitrogens is 1. The van der Waals surface area contributed by atoms with Crippen molar-refractivity contribution < 1.29 is 49.3 Å². The van der Waals surface area contributed by atoms with Crippen LogP contribution in [-0.4, -0.2) is 95.1 Å². The molecule has 4 rings (SSSR count). The van der Waals surface area contributed by atoms with Gasteiger partial charge in [0.1, 0.15) is 34.4 Å². The number of ether oxygens (including phenoxy) is 3. The number of anilines is 1. The molecule has 12 heteroatoms. The van der Waals surface area contributed by atoms with Gasteiger partial charge in [-0.1, -0.05) is 12.8 Å². The monoisotopic (exact) mass is 772 g/mol. The van der Waals surface area contributed by atoms with Crippen molar-refractivity contribution in [1.82, 2.24) is 9.47 Å². The van der Waals surface area contributed by atoms with E-state index in [1.165, 1.54) is 38.2 Å². The largest absolute Gasteiger partial charge is 1.00 e. The Morgan fingerprint density at radius 2 is 1.45 bits per heavy atom. The molecule has 0 fully saturated rings. The van der Waals surface area contributed by atoms with Crippen molar-refractivity contribution in [2.75, 3.05) is 80.1 Å². The molecule has 1 aromatic heterocycles. The van der Waals surface area contributed by atoms with Crippen molar-refractivity contribution in [1.29, 1.82) is 0 Å². The van der Waals surface area contributed by atoms with Gasteiger partial charge in [0.25, 0.3) is 5.91 Å². The summed E-state index contributed by atoms with van der Waals surface area (Å²) in [5.41, 5.74) is 0.409. The number of nitrogens with zero attached hydrogens (tertiary/aromatic N) is 4. The van der Waals surface area contributed by atoms with Gasteiger partial charge in [-0.3, -0.25) is 9.59 Å². The van der Waals surface area contributed by atoms with Gasteiger partial charge in [0.05, 0.1) is 59.2 Å². The van der Waals surface area contributed by atoms with Crippen LogP contribution in [0.2, 0.25) is 0 Å². The van der Waals surface area contributed by atoms with Gasteiger partial charge in [-0.15, -0.1) is 0 Å². The standard InChI is InChI=1S/C39H51F2N4O5.BrH/c1-8-43(30-21-28(40)20-29(41)22-30)39(47)36-27-44(31-23-33(48-6)25-34(24-31)49-7)37-26-32(14-15-35(37)38(36)46)50-19-13-11-9-10-12-17-45(4,5)18-16-42(2)3;/h14-15,20-27H,8-13,16-19H2,1-7H3;1H/q+1;/p-1. The minimum atomic E-state index is -0.826. The Morgan fingerprint density at radius 1 is 0.824 bits per heavy atom. The van der Waals surface area contributed by atoms with Crippen molar-refractivity contribution in [3.05, 3.63) is 88.2 Å². The molecular formula is C39H51BrF2N4O5. The first kappa shape index (κ1) is 41.4. The Kier molecular flexibility index (Phi) is 15.4. The van der Waals surface area contributed by atoms with Crippen molar-refractivity contribution in [2.24, 2.45) is 0 Å². The van der Waals surface area contributed by atoms with E-state index in [-0.39, 0.29) is 40.2 Å². The Hall–Kier alpha value is -4.00. The molecule has 0 aliphatic carbocycles. The normalized spacial score (nSPS) is 11.4. The summed E-state index contributed by atoms with van der Waals surface area (Å²) in [5, 5.41) is 0.276. The molecule has 0 aliphatic rings. The lowest BCUT2D eigenvalue weighted by Crippen LogP contribution is -3.00. The van der Waals surface area contributed by atoms with E-state index in [1.807, 2.05) is 0 Å². The lowest BCUT2D eigenvalue weighted by molar-refractivity contribution is -0.890. The molecule has 1 amide bonds. The van der Waals surface area contributed by atoms with E-state index < -0.39 is 23.0 Å². The zero-order valence-electron chi connectivity index (χ0n) is 30.8. The van der Waals surface area contributed by atoms with Crippen LogP contribution in [0.4, 0.5) is 14.5 Å². The third-order valence-electron chi connectivity index (χ3n) is 8.87. The Labute approximate surface area is 310 Å². The molecule has 0 aliphatic heterocycles. The van der Waals surface area contributed by atoms with E-state index in [0.29, 0.717) is 35.1 Å². The first-order chi connectivity index (χ1) is 23.8. The summed E-state index contributed by atoms with van der Waals surface area (Å²) in [5.74, 6) is -0.740. The molecule has 0 unspecified atom stereocenters. The van der Waals surface area contributed by atoms with Gasteiger partial charge in [0.15, 0.2) is 0 Å². The summed E-state index contributed by atoms with van der Waals surface area (Å²) in [6, 6.07) is 13.3. The SMILES string of the molecule is CCN(C(=O)c1cn(-c2cc(OC)cc(OC)c2)c2cc(OCCCCCCC[N+](C)(C)CCN(C)C)ccc2c1=O)c1cc(F)cc(F)c1.[Br-]. The summed E-state index contributed by atoms with van der Waals surface area (Å²) < 4.78 is 48.1. The van der Waals surface area contributed by atoms with Crippen LogP contribution >= 0.6 is 0 Å². The summed E-state index contributed by atoms with van der Waals surface area (Å²) in [6.45, 7) is 5.65. The summed E-state index contributed by atoms with van der Waals surface area (Å²) in [7, 11) is 11.9. The van der Waals surface area contributed by atoms with E-state index in [2.05, 4.69) is 33.1 Å². The molecule has 0 saturated carbocycles. The minimum Gasteiger partial charge on any atom is -1.00 e. The molecular weight excluding hydrogens is 722 g/mol. The van der Waals surface area contributed by atoms with Gasteiger partial charge in [-0.05, 0) is 64.5 Å². The number of likely N-dealkylation sites (N-methyl/N-ethyl adjacent to an activating group) is 2. The number of carbonyl (C=O) groups is 1. The molecule has 0 atom stereocenters. The number of pyridine rings is 1. The van der Waals surface area contributed by atoms with E-state index in [9.17, 15) is 18.4 Å². The smallest absolute Gasteiger partial charge is 0.263 e. The second kappa shape index (κ2) is 19.0. The molecule has 4 aromatic rings. The first-order valence-corrected chi connectivity index (χ1v) is 17.2. The van der Waals surface area contributed by atoms with Crippen LogP contribution < -0.4 is 41.5 Å². The fourth-order valence-corrected chi connectivity index (χ4v) is 5.92. The van der Waals surface area contributed by atoms with E-state index >= 15 is 0 Å². The van der Waals surface area contributed by atoms with Gasteiger partial charge >= 0.3 is 0 Å². The minimum absolute atomic E-state index is 0. The third kappa shape index (κ3) is 11.2. The second-order valence-electron chi connectivity index (χ2n) is 13.5. The van der Waals surface area contributed by atoms with Crippen molar-refractivity contribution in [3.63, 3.8) is 0 Å². The van der Waals surface area contributed by atoms with Gasteiger partial charge in [-0.25, -0.2) is 8.78 Å². The maximum absolute atomic E-state index is 14.1. The number of fused-ring (bicyclic) bond motifs is 1. The Morgan fingerprint density at radius 3 is 2.06 bits per heavy atom. The van der Waals surface area contributed by atoms with Crippen LogP contribution in [0.15, 0.2) is 65.6 Å².